The van der Waals surface area contributed by atoms with Crippen molar-refractivity contribution in [3.05, 3.63) is 48.0 Å². The number of thiol groups is 1. The molecule has 246 valence electrons. The molecule has 0 saturated heterocycles. The monoisotopic (exact) mass is 616 g/mol. The van der Waals surface area contributed by atoms with E-state index < -0.39 is 10.8 Å². The van der Waals surface area contributed by atoms with E-state index in [1.165, 1.54) is 11.1 Å². The summed E-state index contributed by atoms with van der Waals surface area (Å²) in [5.41, 5.74) is 0.710. The van der Waals surface area contributed by atoms with Crippen molar-refractivity contribution in [2.45, 2.75) is 114 Å². The molecule has 2 atom stereocenters. The van der Waals surface area contributed by atoms with Gasteiger partial charge in [0, 0.05) is 31.8 Å². The van der Waals surface area contributed by atoms with Crippen LogP contribution in [0.2, 0.25) is 0 Å². The molecule has 0 radical (unpaired) electrons. The van der Waals surface area contributed by atoms with Gasteiger partial charge in [0.1, 0.15) is 0 Å². The van der Waals surface area contributed by atoms with E-state index in [1.807, 2.05) is 11.9 Å². The van der Waals surface area contributed by atoms with E-state index in [2.05, 4.69) is 125 Å². The Kier molecular flexibility index (Phi) is 14.6. The third-order valence-corrected chi connectivity index (χ3v) is 10.7. The number of ether oxygens (including phenoxy) is 1. The lowest BCUT2D eigenvalue weighted by molar-refractivity contribution is -0.187. The standard InChI is InChI=1S/C37H64N2O3S/c1-14-15-17-31(40)39(24-22-38-13)23-16-25-42-32(41)37(12,34(5,6)7)36(10,11)35(8,9)30(26-33(2,3)4)29-20-18-28(27-43)19-21-29/h14,18-21,30,38,43H,1,15-17,22-27H2,2-13H3. The minimum absolute atomic E-state index is 0.0984. The fraction of sp³-hybridized carbons (Fsp3) is 0.730. The van der Waals surface area contributed by atoms with Crippen molar-refractivity contribution in [1.29, 1.82) is 0 Å². The van der Waals surface area contributed by atoms with E-state index in [4.69, 9.17) is 4.74 Å². The van der Waals surface area contributed by atoms with Crippen molar-refractivity contribution in [3.63, 3.8) is 0 Å². The largest absolute Gasteiger partial charge is 0.465 e. The van der Waals surface area contributed by atoms with Gasteiger partial charge < -0.3 is 15.0 Å². The average molecular weight is 617 g/mol. The SMILES string of the molecule is C=CCCC(=O)N(CCCOC(=O)C(C)(C(C)(C)C)C(C)(C)C(C)(C)C(CC(C)(C)C)c1ccc(CS)cc1)CCNC. The van der Waals surface area contributed by atoms with Gasteiger partial charge in [-0.1, -0.05) is 99.6 Å². The van der Waals surface area contributed by atoms with Gasteiger partial charge in [0.25, 0.3) is 0 Å². The summed E-state index contributed by atoms with van der Waals surface area (Å²) >= 11 is 4.47. The first kappa shape index (κ1) is 39.2. The molecule has 0 aliphatic rings. The maximum absolute atomic E-state index is 14.3. The van der Waals surface area contributed by atoms with Crippen molar-refractivity contribution in [2.75, 3.05) is 33.3 Å². The Balaban J connectivity index is 3.34. The molecule has 0 aromatic heterocycles. The Morgan fingerprint density at radius 3 is 2.02 bits per heavy atom. The lowest BCUT2D eigenvalue weighted by Crippen LogP contribution is -2.59. The van der Waals surface area contributed by atoms with Gasteiger partial charge in [0.2, 0.25) is 5.91 Å². The van der Waals surface area contributed by atoms with Crippen LogP contribution < -0.4 is 5.32 Å². The first-order chi connectivity index (χ1) is 19.7. The lowest BCUT2D eigenvalue weighted by Gasteiger charge is -2.60. The van der Waals surface area contributed by atoms with Crippen LogP contribution in [0.4, 0.5) is 0 Å². The molecule has 1 aromatic rings. The van der Waals surface area contributed by atoms with Crippen molar-refractivity contribution in [1.82, 2.24) is 10.2 Å². The van der Waals surface area contributed by atoms with Crippen LogP contribution in [-0.4, -0.2) is 50.1 Å². The summed E-state index contributed by atoms with van der Waals surface area (Å²) in [5, 5.41) is 3.12. The minimum Gasteiger partial charge on any atom is -0.465 e. The maximum atomic E-state index is 14.3. The molecule has 1 aromatic carbocycles. The molecular formula is C37H64N2O3S. The number of carbonyl (C=O) groups is 2. The number of hydrogen-bond acceptors (Lipinski definition) is 5. The van der Waals surface area contributed by atoms with E-state index in [1.54, 1.807) is 6.08 Å². The topological polar surface area (TPSA) is 58.6 Å². The number of hydrogen-bond donors (Lipinski definition) is 2. The van der Waals surface area contributed by atoms with Gasteiger partial charge in [-0.15, -0.1) is 6.58 Å². The summed E-state index contributed by atoms with van der Waals surface area (Å²) in [7, 11) is 1.88. The number of amides is 1. The third-order valence-electron chi connectivity index (χ3n) is 10.4. The summed E-state index contributed by atoms with van der Waals surface area (Å²) in [5.74, 6) is 0.866. The van der Waals surface area contributed by atoms with Crippen LogP contribution in [-0.2, 0) is 20.1 Å². The number of allylic oxidation sites excluding steroid dienone is 1. The smallest absolute Gasteiger partial charge is 0.312 e. The molecular weight excluding hydrogens is 552 g/mol. The van der Waals surface area contributed by atoms with E-state index in [0.29, 0.717) is 38.1 Å². The summed E-state index contributed by atoms with van der Waals surface area (Å²) in [4.78, 5) is 28.9. The van der Waals surface area contributed by atoms with Gasteiger partial charge >= 0.3 is 5.97 Å². The third kappa shape index (κ3) is 9.85. The molecule has 0 saturated carbocycles. The van der Waals surface area contributed by atoms with Gasteiger partial charge in [0.05, 0.1) is 12.0 Å². The second kappa shape index (κ2) is 16.0. The normalized spacial score (nSPS) is 15.0. The van der Waals surface area contributed by atoms with Gasteiger partial charge in [-0.25, -0.2) is 0 Å². The fourth-order valence-corrected chi connectivity index (χ4v) is 6.60. The van der Waals surface area contributed by atoms with E-state index >= 15 is 0 Å². The number of esters is 1. The molecule has 43 heavy (non-hydrogen) atoms. The molecule has 0 aliphatic heterocycles. The van der Waals surface area contributed by atoms with E-state index in [0.717, 1.165) is 13.0 Å². The summed E-state index contributed by atoms with van der Waals surface area (Å²) in [6, 6.07) is 8.87. The highest BCUT2D eigenvalue weighted by Gasteiger charge is 2.62. The van der Waals surface area contributed by atoms with Crippen LogP contribution in [0.5, 0.6) is 0 Å². The predicted molar refractivity (Wildman–Crippen MR) is 187 cm³/mol. The minimum atomic E-state index is -0.795. The fourth-order valence-electron chi connectivity index (χ4n) is 6.39. The van der Waals surface area contributed by atoms with Crippen molar-refractivity contribution in [2.24, 2.45) is 27.1 Å². The van der Waals surface area contributed by atoms with Gasteiger partial charge in [0.15, 0.2) is 0 Å². The number of rotatable bonds is 17. The van der Waals surface area contributed by atoms with Gasteiger partial charge in [-0.2, -0.15) is 12.6 Å². The molecule has 1 rings (SSSR count). The Morgan fingerprint density at radius 2 is 1.56 bits per heavy atom. The van der Waals surface area contributed by atoms with Crippen LogP contribution in [0.25, 0.3) is 0 Å². The zero-order valence-corrected chi connectivity index (χ0v) is 30.5. The molecule has 5 nitrogen and oxygen atoms in total. The number of nitrogens with one attached hydrogen (secondary N) is 1. The molecule has 0 aliphatic carbocycles. The molecule has 0 fully saturated rings. The van der Waals surface area contributed by atoms with Crippen LogP contribution in [0.3, 0.4) is 0 Å². The second-order valence-corrected chi connectivity index (χ2v) is 16.1. The van der Waals surface area contributed by atoms with E-state index in [9.17, 15) is 9.59 Å². The Hall–Kier alpha value is -1.79. The average Bonchev–Trinajstić information content (AvgIpc) is 2.92. The quantitative estimate of drug-likeness (QED) is 0.0796. The van der Waals surface area contributed by atoms with Crippen LogP contribution in [0, 0.1) is 27.1 Å². The first-order valence-electron chi connectivity index (χ1n) is 16.1. The highest BCUT2D eigenvalue weighted by Crippen LogP contribution is 2.64. The van der Waals surface area contributed by atoms with Crippen molar-refractivity contribution >= 4 is 24.5 Å². The highest BCUT2D eigenvalue weighted by atomic mass is 32.1. The molecule has 0 bridgehead atoms. The van der Waals surface area contributed by atoms with E-state index in [-0.39, 0.29) is 40.6 Å². The summed E-state index contributed by atoms with van der Waals surface area (Å²) in [6.45, 7) is 30.6. The Morgan fingerprint density at radius 1 is 0.977 bits per heavy atom. The number of carbonyl (C=O) groups excluding carboxylic acids is 2. The van der Waals surface area contributed by atoms with Crippen LogP contribution >= 0.6 is 12.6 Å². The Bertz CT molecular complexity index is 1030. The number of likely N-dealkylation sites (N-methyl/N-ethyl adjacent to an activating group) is 1. The zero-order valence-electron chi connectivity index (χ0n) is 29.7. The molecule has 1 N–H and O–H groups in total. The van der Waals surface area contributed by atoms with Gasteiger partial charge in [-0.3, -0.25) is 9.59 Å². The second-order valence-electron chi connectivity index (χ2n) is 15.7. The summed E-state index contributed by atoms with van der Waals surface area (Å²) < 4.78 is 6.13. The van der Waals surface area contributed by atoms with Crippen LogP contribution in [0.1, 0.15) is 119 Å². The first-order valence-corrected chi connectivity index (χ1v) is 16.7. The van der Waals surface area contributed by atoms with Gasteiger partial charge in [-0.05, 0) is 71.9 Å². The van der Waals surface area contributed by atoms with Crippen molar-refractivity contribution in [3.8, 4) is 0 Å². The Labute approximate surface area is 270 Å². The zero-order chi connectivity index (χ0) is 33.3. The molecule has 6 heteroatoms. The lowest BCUT2D eigenvalue weighted by atomic mass is 9.43. The number of nitrogens with zero attached hydrogens (tertiary/aromatic N) is 1. The molecule has 1 amide bonds. The predicted octanol–water partition coefficient (Wildman–Crippen LogP) is 8.69. The maximum Gasteiger partial charge on any atom is 0.312 e. The molecule has 2 unspecified atom stereocenters. The summed E-state index contributed by atoms with van der Waals surface area (Å²) in [6.07, 6.45) is 4.47. The highest BCUT2D eigenvalue weighted by molar-refractivity contribution is 7.79. The van der Waals surface area contributed by atoms with Crippen molar-refractivity contribution < 1.29 is 14.3 Å². The molecule has 0 spiro atoms. The number of benzene rings is 1. The van der Waals surface area contributed by atoms with Crippen LogP contribution in [0.15, 0.2) is 36.9 Å². The molecule has 0 heterocycles.